The quantitative estimate of drug-likeness (QED) is 0.0540. The lowest BCUT2D eigenvalue weighted by atomic mass is 10.1. The summed E-state index contributed by atoms with van der Waals surface area (Å²) in [5.74, 6) is 0.151. The zero-order valence-corrected chi connectivity index (χ0v) is 27.3. The Morgan fingerprint density at radius 2 is 1.20 bits per heavy atom. The number of hydrogen-bond donors (Lipinski definition) is 1. The van der Waals surface area contributed by atoms with Crippen molar-refractivity contribution < 1.29 is 14.7 Å². The summed E-state index contributed by atoms with van der Waals surface area (Å²) in [7, 11) is 8.21. The van der Waals surface area contributed by atoms with E-state index < -0.39 is 0 Å². The molecule has 0 spiro atoms. The first-order chi connectivity index (χ1) is 22.3. The number of aromatic nitrogens is 1. The Morgan fingerprint density at radius 3 is 1.76 bits per heavy atom. The number of allylic oxidation sites excluding steroid dienone is 2. The van der Waals surface area contributed by atoms with E-state index in [0.29, 0.717) is 0 Å². The van der Waals surface area contributed by atoms with Gasteiger partial charge in [0.15, 0.2) is 0 Å². The summed E-state index contributed by atoms with van der Waals surface area (Å²) in [6, 6.07) is 38.1. The molecule has 1 aromatic heterocycles. The third kappa shape index (κ3) is 6.24. The maximum absolute atomic E-state index is 9.44. The van der Waals surface area contributed by atoms with Crippen LogP contribution in [0.1, 0.15) is 10.6 Å². The fourth-order valence-electron chi connectivity index (χ4n) is 5.48. The number of rotatable bonds is 10. The Bertz CT molecular complexity index is 1990. The largest absolute Gasteiger partial charge is 0.399 e. The van der Waals surface area contributed by atoms with Gasteiger partial charge in [0.1, 0.15) is 4.70 Å². The number of anilines is 5. The molecule has 0 aliphatic carbocycles. The summed E-state index contributed by atoms with van der Waals surface area (Å²) in [4.78, 5) is 11.1. The maximum Gasteiger partial charge on any atom is 0.399 e. The Balaban J connectivity index is 1.27. The number of hydrogen-bond acceptors (Lipinski definition) is 6. The molecular formula is C39H37N4O2S+. The fourth-order valence-corrected chi connectivity index (χ4v) is 6.68. The number of fused-ring (bicyclic) bond motifs is 3. The van der Waals surface area contributed by atoms with Crippen molar-refractivity contribution in [3.8, 4) is 0 Å². The van der Waals surface area contributed by atoms with Crippen LogP contribution in [0.5, 0.6) is 0 Å². The second-order valence-electron chi connectivity index (χ2n) is 11.4. The van der Waals surface area contributed by atoms with E-state index in [0.717, 1.165) is 60.0 Å². The van der Waals surface area contributed by atoms with E-state index in [2.05, 4.69) is 151 Å². The molecule has 0 unspecified atom stereocenters. The van der Waals surface area contributed by atoms with Gasteiger partial charge in [0.05, 0.1) is 0 Å². The molecule has 6 aromatic rings. The summed E-state index contributed by atoms with van der Waals surface area (Å²) < 4.78 is 2.93. The van der Waals surface area contributed by atoms with Gasteiger partial charge in [-0.2, -0.15) is 5.26 Å². The molecule has 6 nitrogen and oxygen atoms in total. The minimum absolute atomic E-state index is 0.151. The van der Waals surface area contributed by atoms with E-state index >= 15 is 0 Å². The summed E-state index contributed by atoms with van der Waals surface area (Å²) >= 11 is 1.63. The highest BCUT2D eigenvalue weighted by molar-refractivity contribution is 7.19. The van der Waals surface area contributed by atoms with Crippen LogP contribution in [0.3, 0.4) is 0 Å². The van der Waals surface area contributed by atoms with Gasteiger partial charge in [-0.15, -0.1) is 4.57 Å². The normalized spacial score (nSPS) is 11.5. The molecule has 0 saturated carbocycles. The maximum atomic E-state index is 9.44. The van der Waals surface area contributed by atoms with Gasteiger partial charge in [0.25, 0.3) is 5.01 Å². The molecule has 6 rings (SSSR count). The zero-order chi connectivity index (χ0) is 32.2. The molecule has 0 amide bonds. The van der Waals surface area contributed by atoms with Gasteiger partial charge in [-0.05, 0) is 77.7 Å². The first-order valence-corrected chi connectivity index (χ1v) is 15.8. The lowest BCUT2D eigenvalue weighted by Crippen LogP contribution is -2.34. The first-order valence-electron chi connectivity index (χ1n) is 15.0. The molecule has 46 heavy (non-hydrogen) atoms. The summed E-state index contributed by atoms with van der Waals surface area (Å²) in [6.07, 6.45) is 8.09. The van der Waals surface area contributed by atoms with Crippen LogP contribution in [0.15, 0.2) is 128 Å². The van der Waals surface area contributed by atoms with Gasteiger partial charge < -0.3 is 14.7 Å². The van der Waals surface area contributed by atoms with Crippen LogP contribution in [0.4, 0.5) is 28.4 Å². The van der Waals surface area contributed by atoms with Gasteiger partial charge in [-0.25, -0.2) is 0 Å². The third-order valence-corrected chi connectivity index (χ3v) is 9.08. The molecular weight excluding hydrogens is 589 g/mol. The first kappa shape index (κ1) is 30.6. The molecule has 0 aliphatic heterocycles. The second kappa shape index (κ2) is 13.3. The molecule has 0 fully saturated rings. The number of nitrogens with zero attached hydrogens (tertiary/aromatic N) is 4. The Kier molecular flexibility index (Phi) is 8.88. The van der Waals surface area contributed by atoms with Gasteiger partial charge in [-0.3, -0.25) is 4.89 Å². The number of thiazole rings is 1. The van der Waals surface area contributed by atoms with Crippen LogP contribution in [0.25, 0.3) is 39.0 Å². The van der Waals surface area contributed by atoms with Crippen molar-refractivity contribution in [1.29, 1.82) is 0 Å². The van der Waals surface area contributed by atoms with Gasteiger partial charge >= 0.3 is 5.88 Å². The highest BCUT2D eigenvalue weighted by Crippen LogP contribution is 2.36. The van der Waals surface area contributed by atoms with E-state index in [9.17, 15) is 5.26 Å². The Hall–Kier alpha value is -5.37. The fraction of sp³-hybridized carbons (Fsp3) is 0.103. The standard InChI is InChI=1S/C39H36N4O2S/c1-28(45-44)42-37-27-16-30-11-7-8-12-36(30)39(37)46-38(42)13-9-6-10-29-14-17-33(18-15-29)43(34-23-19-31(20-24-34)40(2)3)35-25-21-32(22-26-35)41(4)5/h6-27H,1H2,2-5H3/p+1. The summed E-state index contributed by atoms with van der Waals surface area (Å²) in [5, 5.41) is 12.6. The van der Waals surface area contributed by atoms with E-state index in [1.54, 1.807) is 11.3 Å². The second-order valence-corrected chi connectivity index (χ2v) is 12.4. The van der Waals surface area contributed by atoms with Crippen molar-refractivity contribution in [3.63, 3.8) is 0 Å². The number of benzene rings is 5. The smallest absolute Gasteiger partial charge is 0.378 e. The van der Waals surface area contributed by atoms with Crippen molar-refractivity contribution in [3.05, 3.63) is 138 Å². The van der Waals surface area contributed by atoms with Crippen molar-refractivity contribution >= 4 is 78.8 Å². The van der Waals surface area contributed by atoms with Crippen molar-refractivity contribution in [2.24, 2.45) is 0 Å². The predicted octanol–water partition coefficient (Wildman–Crippen LogP) is 9.59. The summed E-state index contributed by atoms with van der Waals surface area (Å²) in [6.45, 7) is 3.91. The third-order valence-electron chi connectivity index (χ3n) is 7.92. The molecule has 0 radical (unpaired) electrons. The zero-order valence-electron chi connectivity index (χ0n) is 26.5. The summed E-state index contributed by atoms with van der Waals surface area (Å²) in [5.41, 5.74) is 7.58. The monoisotopic (exact) mass is 625 g/mol. The van der Waals surface area contributed by atoms with E-state index in [1.165, 1.54) is 0 Å². The molecule has 0 bridgehead atoms. The van der Waals surface area contributed by atoms with Crippen LogP contribution in [0.2, 0.25) is 0 Å². The lowest BCUT2D eigenvalue weighted by Gasteiger charge is -2.27. The molecule has 7 heteroatoms. The van der Waals surface area contributed by atoms with Crippen LogP contribution >= 0.6 is 11.3 Å². The van der Waals surface area contributed by atoms with E-state index in [-0.39, 0.29) is 5.88 Å². The lowest BCUT2D eigenvalue weighted by molar-refractivity contribution is -0.586. The molecule has 230 valence electrons. The molecule has 1 heterocycles. The minimum atomic E-state index is 0.151. The SMILES string of the molecule is C=C(OO)[n+]1c(/C=C/C=C/c2ccc(N(c3ccc(N(C)C)cc3)c3ccc(N(C)C)cc3)cc2)sc2c3ccccc3ccc21. The van der Waals surface area contributed by atoms with Crippen molar-refractivity contribution in [2.45, 2.75) is 0 Å². The van der Waals surface area contributed by atoms with Crippen LogP contribution in [-0.2, 0) is 4.89 Å². The van der Waals surface area contributed by atoms with Gasteiger partial charge in [0.2, 0.25) is 5.52 Å². The van der Waals surface area contributed by atoms with Gasteiger partial charge in [-0.1, -0.05) is 66.0 Å². The van der Waals surface area contributed by atoms with E-state index in [1.807, 2.05) is 41.0 Å². The molecule has 0 aliphatic rings. The molecule has 0 saturated heterocycles. The molecule has 5 aromatic carbocycles. The highest BCUT2D eigenvalue weighted by Gasteiger charge is 2.25. The average molecular weight is 626 g/mol. The average Bonchev–Trinajstić information content (AvgIpc) is 3.46. The topological polar surface area (TPSA) is 43.1 Å². The highest BCUT2D eigenvalue weighted by atomic mass is 32.1. The minimum Gasteiger partial charge on any atom is -0.378 e. The van der Waals surface area contributed by atoms with Gasteiger partial charge in [0, 0.05) is 80.7 Å². The van der Waals surface area contributed by atoms with Crippen molar-refractivity contribution in [1.82, 2.24) is 0 Å². The molecule has 1 N–H and O–H groups in total. The Morgan fingerprint density at radius 1 is 0.674 bits per heavy atom. The Labute approximate surface area is 274 Å². The van der Waals surface area contributed by atoms with Crippen LogP contribution in [0, 0.1) is 0 Å². The predicted molar refractivity (Wildman–Crippen MR) is 196 cm³/mol. The van der Waals surface area contributed by atoms with Crippen LogP contribution in [-0.4, -0.2) is 33.4 Å². The van der Waals surface area contributed by atoms with Crippen LogP contribution < -0.4 is 19.3 Å². The van der Waals surface area contributed by atoms with E-state index in [4.69, 9.17) is 0 Å². The molecule has 0 atom stereocenters. The van der Waals surface area contributed by atoms with Crippen molar-refractivity contribution in [2.75, 3.05) is 42.9 Å².